The molecule has 3 rings (SSSR count). The van der Waals surface area contributed by atoms with E-state index in [2.05, 4.69) is 41.0 Å². The van der Waals surface area contributed by atoms with E-state index in [4.69, 9.17) is 5.73 Å². The summed E-state index contributed by atoms with van der Waals surface area (Å²) in [6.07, 6.45) is 4.02. The molecule has 0 aromatic heterocycles. The molecule has 2 aliphatic rings. The van der Waals surface area contributed by atoms with E-state index in [0.29, 0.717) is 13.0 Å². The molecule has 0 bridgehead atoms. The number of hydrogen-bond acceptors (Lipinski definition) is 4. The summed E-state index contributed by atoms with van der Waals surface area (Å²) in [6, 6.07) is 8.97. The lowest BCUT2D eigenvalue weighted by Gasteiger charge is -2.38. The average molecular weight is 345 g/mol. The van der Waals surface area contributed by atoms with Gasteiger partial charge in [0.25, 0.3) is 0 Å². The van der Waals surface area contributed by atoms with Crippen LogP contribution >= 0.6 is 0 Å². The Balaban J connectivity index is 1.44. The van der Waals surface area contributed by atoms with Crippen molar-refractivity contribution in [1.29, 1.82) is 0 Å². The van der Waals surface area contributed by atoms with Crippen LogP contribution in [-0.4, -0.2) is 67.6 Å². The molecule has 1 aromatic carbocycles. The highest BCUT2D eigenvalue weighted by atomic mass is 16.2. The first-order chi connectivity index (χ1) is 12.2. The maximum absolute atomic E-state index is 12.6. The minimum atomic E-state index is 0.263. The fourth-order valence-electron chi connectivity index (χ4n) is 4.03. The van der Waals surface area contributed by atoms with Gasteiger partial charge < -0.3 is 15.5 Å². The Morgan fingerprint density at radius 2 is 1.96 bits per heavy atom. The average Bonchev–Trinajstić information content (AvgIpc) is 2.66. The van der Waals surface area contributed by atoms with Crippen LogP contribution in [-0.2, 0) is 4.79 Å². The van der Waals surface area contributed by atoms with Crippen molar-refractivity contribution in [3.8, 4) is 0 Å². The third-order valence-electron chi connectivity index (χ3n) is 5.60. The van der Waals surface area contributed by atoms with Crippen molar-refractivity contribution < 1.29 is 4.79 Å². The normalized spacial score (nSPS) is 22.2. The molecule has 1 atom stereocenters. The van der Waals surface area contributed by atoms with Crippen LogP contribution < -0.4 is 10.6 Å². The summed E-state index contributed by atoms with van der Waals surface area (Å²) in [5, 5.41) is 0. The number of nitrogens with zero attached hydrogens (tertiary/aromatic N) is 3. The maximum atomic E-state index is 12.6. The van der Waals surface area contributed by atoms with Gasteiger partial charge in [-0.1, -0.05) is 12.1 Å². The molecule has 1 unspecified atom stereocenters. The van der Waals surface area contributed by atoms with Crippen LogP contribution in [0.1, 0.15) is 31.2 Å². The van der Waals surface area contributed by atoms with Crippen molar-refractivity contribution in [1.82, 2.24) is 9.80 Å². The van der Waals surface area contributed by atoms with E-state index in [0.717, 1.165) is 52.1 Å². The Morgan fingerprint density at radius 3 is 2.68 bits per heavy atom. The van der Waals surface area contributed by atoms with E-state index in [1.807, 2.05) is 4.90 Å². The second-order valence-corrected chi connectivity index (χ2v) is 7.39. The van der Waals surface area contributed by atoms with Crippen LogP contribution in [0.15, 0.2) is 24.3 Å². The zero-order valence-electron chi connectivity index (χ0n) is 15.5. The van der Waals surface area contributed by atoms with E-state index in [-0.39, 0.29) is 11.9 Å². The lowest BCUT2D eigenvalue weighted by Crippen LogP contribution is -2.50. The lowest BCUT2D eigenvalue weighted by molar-refractivity contribution is -0.135. The van der Waals surface area contributed by atoms with Crippen LogP contribution in [0.4, 0.5) is 5.69 Å². The predicted octanol–water partition coefficient (Wildman–Crippen LogP) is 1.85. The molecule has 5 nitrogen and oxygen atoms in total. The number of piperazine rings is 1. The summed E-state index contributed by atoms with van der Waals surface area (Å²) < 4.78 is 0. The molecule has 1 aromatic rings. The summed E-state index contributed by atoms with van der Waals surface area (Å²) in [6.45, 7) is 8.63. The van der Waals surface area contributed by atoms with Crippen molar-refractivity contribution in [3.05, 3.63) is 29.8 Å². The summed E-state index contributed by atoms with van der Waals surface area (Å²) in [5.41, 5.74) is 8.46. The Kier molecular flexibility index (Phi) is 6.32. The van der Waals surface area contributed by atoms with Gasteiger partial charge in [-0.05, 0) is 43.9 Å². The number of benzene rings is 1. The number of rotatable bonds is 5. The SMILES string of the molecule is Cc1cccc(N2CCN(CCC(=O)N3CCCCC3CN)CC2)c1. The Hall–Kier alpha value is -1.59. The Morgan fingerprint density at radius 1 is 1.16 bits per heavy atom. The van der Waals surface area contributed by atoms with Crippen LogP contribution in [0, 0.1) is 6.92 Å². The number of carbonyl (C=O) groups is 1. The van der Waals surface area contributed by atoms with Gasteiger partial charge in [0.1, 0.15) is 0 Å². The van der Waals surface area contributed by atoms with Gasteiger partial charge in [0, 0.05) is 64.0 Å². The van der Waals surface area contributed by atoms with Gasteiger partial charge >= 0.3 is 0 Å². The molecule has 5 heteroatoms. The molecule has 2 N–H and O–H groups in total. The zero-order valence-corrected chi connectivity index (χ0v) is 15.5. The highest BCUT2D eigenvalue weighted by Gasteiger charge is 2.26. The minimum absolute atomic E-state index is 0.263. The first-order valence-corrected chi connectivity index (χ1v) is 9.71. The Bertz CT molecular complexity index is 569. The van der Waals surface area contributed by atoms with Crippen LogP contribution in [0.3, 0.4) is 0 Å². The summed E-state index contributed by atoms with van der Waals surface area (Å²) in [7, 11) is 0. The molecule has 1 amide bonds. The summed E-state index contributed by atoms with van der Waals surface area (Å²) >= 11 is 0. The molecule has 2 aliphatic heterocycles. The van der Waals surface area contributed by atoms with Crippen molar-refractivity contribution in [2.24, 2.45) is 5.73 Å². The quantitative estimate of drug-likeness (QED) is 0.886. The second kappa shape index (κ2) is 8.68. The second-order valence-electron chi connectivity index (χ2n) is 7.39. The molecule has 0 radical (unpaired) electrons. The first kappa shape index (κ1) is 18.2. The number of anilines is 1. The fraction of sp³-hybridized carbons (Fsp3) is 0.650. The lowest BCUT2D eigenvalue weighted by atomic mass is 10.0. The molecule has 0 saturated carbocycles. The van der Waals surface area contributed by atoms with E-state index in [1.54, 1.807) is 0 Å². The number of nitrogens with two attached hydrogens (primary N) is 1. The van der Waals surface area contributed by atoms with Crippen molar-refractivity contribution in [2.75, 3.05) is 50.7 Å². The van der Waals surface area contributed by atoms with Gasteiger partial charge in [-0.2, -0.15) is 0 Å². The summed E-state index contributed by atoms with van der Waals surface area (Å²) in [5.74, 6) is 0.288. The number of aryl methyl sites for hydroxylation is 1. The minimum Gasteiger partial charge on any atom is -0.369 e. The molecule has 25 heavy (non-hydrogen) atoms. The molecule has 138 valence electrons. The number of carbonyl (C=O) groups excluding carboxylic acids is 1. The molecule has 2 fully saturated rings. The van der Waals surface area contributed by atoms with E-state index in [1.165, 1.54) is 17.7 Å². The van der Waals surface area contributed by atoms with E-state index in [9.17, 15) is 4.79 Å². The van der Waals surface area contributed by atoms with Crippen molar-refractivity contribution in [2.45, 2.75) is 38.6 Å². The van der Waals surface area contributed by atoms with Gasteiger partial charge in [-0.15, -0.1) is 0 Å². The standard InChI is InChI=1S/C20H32N4O/c1-17-5-4-7-18(15-17)23-13-11-22(12-14-23)10-8-20(25)24-9-3-2-6-19(24)16-21/h4-5,7,15,19H,2-3,6,8-14,16,21H2,1H3. The van der Waals surface area contributed by atoms with E-state index >= 15 is 0 Å². The monoisotopic (exact) mass is 344 g/mol. The third-order valence-corrected chi connectivity index (χ3v) is 5.60. The van der Waals surface area contributed by atoms with Gasteiger partial charge in [-0.25, -0.2) is 0 Å². The topological polar surface area (TPSA) is 52.8 Å². The van der Waals surface area contributed by atoms with Gasteiger partial charge in [0.05, 0.1) is 0 Å². The predicted molar refractivity (Wildman–Crippen MR) is 103 cm³/mol. The molecular weight excluding hydrogens is 312 g/mol. The van der Waals surface area contributed by atoms with Crippen LogP contribution in [0.25, 0.3) is 0 Å². The maximum Gasteiger partial charge on any atom is 0.224 e. The Labute approximate surface area is 151 Å². The number of hydrogen-bond donors (Lipinski definition) is 1. The first-order valence-electron chi connectivity index (χ1n) is 9.71. The largest absolute Gasteiger partial charge is 0.369 e. The number of piperidine rings is 1. The summed E-state index contributed by atoms with van der Waals surface area (Å²) in [4.78, 5) is 19.5. The third kappa shape index (κ3) is 4.73. The van der Waals surface area contributed by atoms with Crippen LogP contribution in [0.2, 0.25) is 0 Å². The number of amides is 1. The van der Waals surface area contributed by atoms with Gasteiger partial charge in [-0.3, -0.25) is 9.69 Å². The highest BCUT2D eigenvalue weighted by Crippen LogP contribution is 2.19. The smallest absolute Gasteiger partial charge is 0.224 e. The van der Waals surface area contributed by atoms with E-state index < -0.39 is 0 Å². The molecule has 2 saturated heterocycles. The zero-order chi connectivity index (χ0) is 17.6. The van der Waals surface area contributed by atoms with Crippen molar-refractivity contribution >= 4 is 11.6 Å². The molecule has 2 heterocycles. The molecule has 0 spiro atoms. The molecular formula is C20H32N4O. The van der Waals surface area contributed by atoms with Gasteiger partial charge in [0.15, 0.2) is 0 Å². The number of likely N-dealkylation sites (tertiary alicyclic amines) is 1. The van der Waals surface area contributed by atoms with Crippen LogP contribution in [0.5, 0.6) is 0 Å². The van der Waals surface area contributed by atoms with Gasteiger partial charge in [0.2, 0.25) is 5.91 Å². The van der Waals surface area contributed by atoms with Crippen molar-refractivity contribution in [3.63, 3.8) is 0 Å². The fourth-order valence-corrected chi connectivity index (χ4v) is 4.03. The molecule has 0 aliphatic carbocycles. The highest BCUT2D eigenvalue weighted by molar-refractivity contribution is 5.76.